The second-order valence-corrected chi connectivity index (χ2v) is 7.62. The number of rotatable bonds is 4. The van der Waals surface area contributed by atoms with E-state index in [2.05, 4.69) is 10.3 Å². The van der Waals surface area contributed by atoms with E-state index in [0.29, 0.717) is 0 Å². The summed E-state index contributed by atoms with van der Waals surface area (Å²) in [4.78, 5) is 31.7. The summed E-state index contributed by atoms with van der Waals surface area (Å²) in [5.41, 5.74) is 0.184. The van der Waals surface area contributed by atoms with E-state index in [1.54, 1.807) is 0 Å². The topological polar surface area (TPSA) is 127 Å². The molecule has 0 bridgehead atoms. The number of nitrogens with one attached hydrogen (secondary N) is 2. The number of carbonyl (C=O) groups is 2. The summed E-state index contributed by atoms with van der Waals surface area (Å²) in [6, 6.07) is 5.16. The molecule has 9 nitrogen and oxygen atoms in total. The van der Waals surface area contributed by atoms with Gasteiger partial charge >= 0.3 is 6.18 Å². The fraction of sp³-hybridized carbons (Fsp3) is 0.333. The van der Waals surface area contributed by atoms with Gasteiger partial charge in [0.25, 0.3) is 5.91 Å². The number of hydrogen-bond donors (Lipinski definition) is 3. The number of benzene rings is 1. The Morgan fingerprint density at radius 1 is 1.38 bits per heavy atom. The average Bonchev–Trinajstić information content (AvgIpc) is 2.78. The predicted molar refractivity (Wildman–Crippen MR) is 115 cm³/mol. The molecule has 2 heterocycles. The van der Waals surface area contributed by atoms with Crippen LogP contribution in [0.3, 0.4) is 0 Å². The Balaban J connectivity index is 2.05. The number of hydrogen-bond acceptors (Lipinski definition) is 7. The van der Waals surface area contributed by atoms with Gasteiger partial charge in [0.1, 0.15) is 29.3 Å². The van der Waals surface area contributed by atoms with Crippen molar-refractivity contribution in [2.75, 3.05) is 35.3 Å². The number of nitrogens with zero attached hydrogens (tertiary/aromatic N) is 4. The highest BCUT2D eigenvalue weighted by molar-refractivity contribution is 6.02. The van der Waals surface area contributed by atoms with Crippen LogP contribution in [-0.2, 0) is 15.8 Å². The summed E-state index contributed by atoms with van der Waals surface area (Å²) in [6.45, 7) is 0.974. The smallest absolute Gasteiger partial charge is 0.358 e. The van der Waals surface area contributed by atoms with Crippen LogP contribution in [0.2, 0.25) is 0 Å². The highest BCUT2D eigenvalue weighted by atomic mass is 19.4. The van der Waals surface area contributed by atoms with Crippen molar-refractivity contribution < 1.29 is 27.2 Å². The van der Waals surface area contributed by atoms with Crippen molar-refractivity contribution in [3.8, 4) is 6.07 Å². The highest BCUT2D eigenvalue weighted by Crippen LogP contribution is 2.37. The standard InChI is InChI=1S/C21H21F4N7O2/c1-11-8-13(21(23,24)25)12(9-26)19(28-11)29-15-6-7-32(10-17(33)30-27)18-14(22)4-3-5-16(18)31(2)20(15)34/h3-5,8,15H,6-7,10,27H2,1-2H3,(H,28,29)(H,30,33)/t15-/m0/s1. The fourth-order valence-electron chi connectivity index (χ4n) is 3.75. The number of anilines is 3. The van der Waals surface area contributed by atoms with Crippen LogP contribution in [0.1, 0.15) is 23.2 Å². The molecular weight excluding hydrogens is 458 g/mol. The zero-order valence-electron chi connectivity index (χ0n) is 18.2. The number of carbonyl (C=O) groups excluding carboxylic acids is 2. The molecule has 2 amide bonds. The summed E-state index contributed by atoms with van der Waals surface area (Å²) < 4.78 is 55.1. The maximum atomic E-state index is 14.7. The molecule has 1 aliphatic rings. The molecule has 0 saturated heterocycles. The lowest BCUT2D eigenvalue weighted by molar-refractivity contribution is -0.137. The van der Waals surface area contributed by atoms with E-state index < -0.39 is 46.8 Å². The molecule has 0 saturated carbocycles. The van der Waals surface area contributed by atoms with Gasteiger partial charge in [-0.3, -0.25) is 15.0 Å². The molecule has 1 aromatic heterocycles. The van der Waals surface area contributed by atoms with Crippen LogP contribution < -0.4 is 26.4 Å². The van der Waals surface area contributed by atoms with Gasteiger partial charge in [-0.1, -0.05) is 6.07 Å². The third-order valence-electron chi connectivity index (χ3n) is 5.33. The van der Waals surface area contributed by atoms with Gasteiger partial charge in [-0.05, 0) is 31.5 Å². The number of amides is 2. The Morgan fingerprint density at radius 2 is 2.09 bits per heavy atom. The van der Waals surface area contributed by atoms with E-state index in [0.717, 1.165) is 11.0 Å². The van der Waals surface area contributed by atoms with Crippen LogP contribution in [0.4, 0.5) is 34.8 Å². The normalized spacial score (nSPS) is 16.3. The second kappa shape index (κ2) is 9.52. The molecule has 1 aromatic carbocycles. The Bertz CT molecular complexity index is 1160. The van der Waals surface area contributed by atoms with E-state index in [1.807, 2.05) is 5.43 Å². The van der Waals surface area contributed by atoms with Crippen molar-refractivity contribution in [1.29, 1.82) is 5.26 Å². The second-order valence-electron chi connectivity index (χ2n) is 7.62. The Hall–Kier alpha value is -3.92. The lowest BCUT2D eigenvalue weighted by Crippen LogP contribution is -2.48. The number of aryl methyl sites for hydroxylation is 1. The SMILES string of the molecule is Cc1cc(C(F)(F)F)c(C#N)c(N[C@H]2CCN(CC(=O)NN)c3c(F)cccc3N(C)C2=O)n1. The van der Waals surface area contributed by atoms with Crippen LogP contribution in [-0.4, -0.2) is 43.0 Å². The molecule has 2 aromatic rings. The first-order valence-electron chi connectivity index (χ1n) is 10.0. The van der Waals surface area contributed by atoms with Crippen molar-refractivity contribution in [3.63, 3.8) is 0 Å². The lowest BCUT2D eigenvalue weighted by atomic mass is 10.0. The van der Waals surface area contributed by atoms with Crippen molar-refractivity contribution in [1.82, 2.24) is 10.4 Å². The van der Waals surface area contributed by atoms with Crippen LogP contribution in [0.5, 0.6) is 0 Å². The van der Waals surface area contributed by atoms with Gasteiger partial charge in [0.05, 0.1) is 23.5 Å². The molecule has 4 N–H and O–H groups in total. The van der Waals surface area contributed by atoms with E-state index in [9.17, 15) is 32.4 Å². The largest absolute Gasteiger partial charge is 0.417 e. The molecule has 0 aliphatic carbocycles. The molecule has 0 radical (unpaired) electrons. The van der Waals surface area contributed by atoms with Crippen LogP contribution >= 0.6 is 0 Å². The number of pyridine rings is 1. The summed E-state index contributed by atoms with van der Waals surface area (Å²) in [7, 11) is 1.37. The van der Waals surface area contributed by atoms with Gasteiger partial charge in [0, 0.05) is 19.3 Å². The third-order valence-corrected chi connectivity index (χ3v) is 5.33. The first-order chi connectivity index (χ1) is 16.0. The number of likely N-dealkylation sites (N-methyl/N-ethyl adjacent to an activating group) is 1. The number of para-hydroxylation sites is 1. The van der Waals surface area contributed by atoms with E-state index in [1.165, 1.54) is 43.1 Å². The number of hydrazine groups is 1. The van der Waals surface area contributed by atoms with Crippen LogP contribution in [0.25, 0.3) is 0 Å². The number of halogens is 4. The summed E-state index contributed by atoms with van der Waals surface area (Å²) in [5, 5.41) is 12.1. The van der Waals surface area contributed by atoms with Gasteiger partial charge in [-0.15, -0.1) is 0 Å². The fourth-order valence-corrected chi connectivity index (χ4v) is 3.75. The summed E-state index contributed by atoms with van der Waals surface area (Å²) in [5.74, 6) is 2.89. The summed E-state index contributed by atoms with van der Waals surface area (Å²) in [6.07, 6.45) is -4.85. The monoisotopic (exact) mass is 479 g/mol. The number of fused-ring (bicyclic) bond motifs is 1. The van der Waals surface area contributed by atoms with Crippen molar-refractivity contribution in [3.05, 3.63) is 46.9 Å². The highest BCUT2D eigenvalue weighted by Gasteiger charge is 2.37. The van der Waals surface area contributed by atoms with Crippen molar-refractivity contribution in [2.45, 2.75) is 25.6 Å². The lowest BCUT2D eigenvalue weighted by Gasteiger charge is -2.35. The number of aromatic nitrogens is 1. The minimum absolute atomic E-state index is 0.00543. The van der Waals surface area contributed by atoms with Gasteiger partial charge in [-0.2, -0.15) is 18.4 Å². The first kappa shape index (κ1) is 24.7. The van der Waals surface area contributed by atoms with Crippen LogP contribution in [0.15, 0.2) is 24.3 Å². The number of alkyl halides is 3. The molecule has 0 spiro atoms. The molecule has 180 valence electrons. The van der Waals surface area contributed by atoms with Crippen molar-refractivity contribution in [2.24, 2.45) is 5.84 Å². The molecule has 13 heteroatoms. The first-order valence-corrected chi connectivity index (χ1v) is 10.0. The molecular formula is C21H21F4N7O2. The molecule has 3 rings (SSSR count). The van der Waals surface area contributed by atoms with Gasteiger partial charge in [0.15, 0.2) is 0 Å². The van der Waals surface area contributed by atoms with Gasteiger partial charge in [-0.25, -0.2) is 15.2 Å². The van der Waals surface area contributed by atoms with Gasteiger partial charge in [0.2, 0.25) is 5.91 Å². The van der Waals surface area contributed by atoms with Gasteiger partial charge < -0.3 is 15.1 Å². The molecule has 1 aliphatic heterocycles. The van der Waals surface area contributed by atoms with Crippen molar-refractivity contribution >= 4 is 29.0 Å². The van der Waals surface area contributed by atoms with Crippen LogP contribution in [0, 0.1) is 24.1 Å². The molecule has 34 heavy (non-hydrogen) atoms. The van der Waals surface area contributed by atoms with E-state index in [-0.39, 0.29) is 36.6 Å². The van der Waals surface area contributed by atoms with E-state index >= 15 is 0 Å². The zero-order chi connectivity index (χ0) is 25.2. The number of nitriles is 1. The number of nitrogens with two attached hydrogens (primary N) is 1. The minimum atomic E-state index is -4.81. The third kappa shape index (κ3) is 4.86. The summed E-state index contributed by atoms with van der Waals surface area (Å²) >= 11 is 0. The Morgan fingerprint density at radius 3 is 2.71 bits per heavy atom. The maximum absolute atomic E-state index is 14.7. The zero-order valence-corrected chi connectivity index (χ0v) is 18.2. The maximum Gasteiger partial charge on any atom is 0.417 e. The minimum Gasteiger partial charge on any atom is -0.358 e. The molecule has 0 unspecified atom stereocenters. The Labute approximate surface area is 192 Å². The predicted octanol–water partition coefficient (Wildman–Crippen LogP) is 2.06. The molecule has 0 fully saturated rings. The molecule has 1 atom stereocenters. The quantitative estimate of drug-likeness (QED) is 0.265. The van der Waals surface area contributed by atoms with E-state index in [4.69, 9.17) is 5.84 Å². The Kier molecular flexibility index (Phi) is 6.92. The average molecular weight is 479 g/mol.